The van der Waals surface area contributed by atoms with Gasteiger partial charge in [-0.25, -0.2) is 0 Å². The number of thiophene rings is 1. The molecule has 0 aliphatic heterocycles. The summed E-state index contributed by atoms with van der Waals surface area (Å²) in [5, 5.41) is 2.05. The predicted octanol–water partition coefficient (Wildman–Crippen LogP) is 5.59. The lowest BCUT2D eigenvalue weighted by atomic mass is 9.97. The molecule has 0 N–H and O–H groups in total. The lowest BCUT2D eigenvalue weighted by molar-refractivity contribution is 0.733. The minimum absolute atomic E-state index is 0.0130. The molecule has 0 aliphatic carbocycles. The van der Waals surface area contributed by atoms with Crippen LogP contribution < -0.4 is 0 Å². The normalized spacial score (nSPS) is 14.5. The molecule has 1 heterocycles. The Hall–Kier alpha value is -0.790. The molecule has 0 aliphatic rings. The zero-order chi connectivity index (χ0) is 12.3. The molecule has 0 nitrogen and oxygen atoms in total. The second kappa shape index (κ2) is 5.70. The third kappa shape index (κ3) is 2.91. The van der Waals surface area contributed by atoms with E-state index in [0.29, 0.717) is 5.92 Å². The van der Waals surface area contributed by atoms with Crippen molar-refractivity contribution in [3.63, 3.8) is 0 Å². The molecule has 0 amide bonds. The van der Waals surface area contributed by atoms with Crippen LogP contribution in [0.1, 0.15) is 47.6 Å². The van der Waals surface area contributed by atoms with Gasteiger partial charge in [0.25, 0.3) is 0 Å². The van der Waals surface area contributed by atoms with Gasteiger partial charge in [0.2, 0.25) is 0 Å². The average Bonchev–Trinajstić information content (AvgIpc) is 2.91. The van der Waals surface area contributed by atoms with Crippen molar-refractivity contribution >= 4 is 22.9 Å². The maximum absolute atomic E-state index is 6.45. The monoisotopic (exact) mass is 264 g/mol. The van der Waals surface area contributed by atoms with E-state index in [1.807, 2.05) is 6.07 Å². The Balaban J connectivity index is 2.18. The van der Waals surface area contributed by atoms with Crippen LogP contribution in [-0.4, -0.2) is 0 Å². The first-order valence-corrected chi connectivity index (χ1v) is 7.31. The van der Waals surface area contributed by atoms with Gasteiger partial charge in [0, 0.05) is 4.88 Å². The molecule has 2 heteroatoms. The highest BCUT2D eigenvalue weighted by Gasteiger charge is 2.12. The molecule has 1 aromatic carbocycles. The standard InChI is InChI=1S/C15H17ClS/c1-3-11(2)12-6-8-13(9-7-12)15(16)14-5-4-10-17-14/h4-11,15H,3H2,1-2H3. The fraction of sp³-hybridized carbons (Fsp3) is 0.333. The highest BCUT2D eigenvalue weighted by molar-refractivity contribution is 7.10. The van der Waals surface area contributed by atoms with Gasteiger partial charge in [-0.3, -0.25) is 0 Å². The average molecular weight is 265 g/mol. The molecule has 2 unspecified atom stereocenters. The van der Waals surface area contributed by atoms with Crippen LogP contribution in [0, 0.1) is 0 Å². The zero-order valence-electron chi connectivity index (χ0n) is 10.2. The third-order valence-corrected chi connectivity index (χ3v) is 4.76. The second-order valence-electron chi connectivity index (χ2n) is 4.35. The van der Waals surface area contributed by atoms with E-state index in [-0.39, 0.29) is 5.38 Å². The van der Waals surface area contributed by atoms with Crippen LogP contribution in [0.2, 0.25) is 0 Å². The van der Waals surface area contributed by atoms with E-state index < -0.39 is 0 Å². The van der Waals surface area contributed by atoms with Crippen LogP contribution in [0.4, 0.5) is 0 Å². The van der Waals surface area contributed by atoms with Crippen molar-refractivity contribution in [2.45, 2.75) is 31.6 Å². The van der Waals surface area contributed by atoms with Crippen molar-refractivity contribution in [3.8, 4) is 0 Å². The highest BCUT2D eigenvalue weighted by atomic mass is 35.5. The van der Waals surface area contributed by atoms with E-state index in [9.17, 15) is 0 Å². The Bertz CT molecular complexity index is 444. The molecule has 0 radical (unpaired) electrons. The summed E-state index contributed by atoms with van der Waals surface area (Å²) >= 11 is 8.16. The van der Waals surface area contributed by atoms with Gasteiger partial charge in [-0.05, 0) is 34.9 Å². The van der Waals surface area contributed by atoms with Gasteiger partial charge in [0.1, 0.15) is 0 Å². The van der Waals surface area contributed by atoms with E-state index in [0.717, 1.165) is 0 Å². The predicted molar refractivity (Wildman–Crippen MR) is 77.2 cm³/mol. The van der Waals surface area contributed by atoms with Crippen molar-refractivity contribution in [2.24, 2.45) is 0 Å². The van der Waals surface area contributed by atoms with Crippen LogP contribution in [0.5, 0.6) is 0 Å². The molecule has 0 spiro atoms. The van der Waals surface area contributed by atoms with E-state index in [4.69, 9.17) is 11.6 Å². The largest absolute Gasteiger partial charge is 0.147 e. The minimum Gasteiger partial charge on any atom is -0.147 e. The molecule has 0 saturated heterocycles. The summed E-state index contributed by atoms with van der Waals surface area (Å²) in [7, 11) is 0. The molecule has 0 bridgehead atoms. The molecular weight excluding hydrogens is 248 g/mol. The molecular formula is C15H17ClS. The van der Waals surface area contributed by atoms with Gasteiger partial charge in [-0.15, -0.1) is 22.9 Å². The van der Waals surface area contributed by atoms with E-state index in [1.54, 1.807) is 11.3 Å². The molecule has 2 atom stereocenters. The van der Waals surface area contributed by atoms with E-state index in [2.05, 4.69) is 49.6 Å². The third-order valence-electron chi connectivity index (χ3n) is 3.20. The minimum atomic E-state index is -0.0130. The second-order valence-corrected chi connectivity index (χ2v) is 5.77. The molecule has 2 rings (SSSR count). The molecule has 0 fully saturated rings. The molecule has 17 heavy (non-hydrogen) atoms. The van der Waals surface area contributed by atoms with Crippen LogP contribution in [0.3, 0.4) is 0 Å². The first-order chi connectivity index (χ1) is 8.22. The quantitative estimate of drug-likeness (QED) is 0.632. The summed E-state index contributed by atoms with van der Waals surface area (Å²) < 4.78 is 0. The Kier molecular flexibility index (Phi) is 4.25. The van der Waals surface area contributed by atoms with Gasteiger partial charge < -0.3 is 0 Å². The van der Waals surface area contributed by atoms with Gasteiger partial charge in [0.15, 0.2) is 0 Å². The fourth-order valence-electron chi connectivity index (χ4n) is 1.83. The first-order valence-electron chi connectivity index (χ1n) is 5.99. The number of hydrogen-bond donors (Lipinski definition) is 0. The Labute approximate surface area is 112 Å². The van der Waals surface area contributed by atoms with E-state index >= 15 is 0 Å². The maximum atomic E-state index is 6.45. The van der Waals surface area contributed by atoms with Crippen molar-refractivity contribution in [1.82, 2.24) is 0 Å². The number of benzene rings is 1. The molecule has 0 saturated carbocycles. The van der Waals surface area contributed by atoms with Crippen LogP contribution >= 0.6 is 22.9 Å². The van der Waals surface area contributed by atoms with Crippen LogP contribution in [0.15, 0.2) is 41.8 Å². The summed E-state index contributed by atoms with van der Waals surface area (Å²) in [6.07, 6.45) is 1.18. The molecule has 90 valence electrons. The first kappa shape index (κ1) is 12.7. The summed E-state index contributed by atoms with van der Waals surface area (Å²) in [6.45, 7) is 4.47. The molecule has 2 aromatic rings. The topological polar surface area (TPSA) is 0 Å². The van der Waals surface area contributed by atoms with Crippen molar-refractivity contribution in [3.05, 3.63) is 57.8 Å². The zero-order valence-corrected chi connectivity index (χ0v) is 11.8. The van der Waals surface area contributed by atoms with Crippen LogP contribution in [0.25, 0.3) is 0 Å². The number of hydrogen-bond acceptors (Lipinski definition) is 1. The van der Waals surface area contributed by atoms with Gasteiger partial charge in [-0.1, -0.05) is 44.2 Å². The van der Waals surface area contributed by atoms with Crippen molar-refractivity contribution in [1.29, 1.82) is 0 Å². The summed E-state index contributed by atoms with van der Waals surface area (Å²) in [6, 6.07) is 12.8. The van der Waals surface area contributed by atoms with Gasteiger partial charge >= 0.3 is 0 Å². The van der Waals surface area contributed by atoms with Crippen LogP contribution in [-0.2, 0) is 0 Å². The summed E-state index contributed by atoms with van der Waals surface area (Å²) in [5.41, 5.74) is 2.58. The Morgan fingerprint density at radius 3 is 2.29 bits per heavy atom. The SMILES string of the molecule is CCC(C)c1ccc(C(Cl)c2cccs2)cc1. The van der Waals surface area contributed by atoms with Crippen molar-refractivity contribution in [2.75, 3.05) is 0 Å². The van der Waals surface area contributed by atoms with Gasteiger partial charge in [0.05, 0.1) is 5.38 Å². The Morgan fingerprint density at radius 1 is 1.12 bits per heavy atom. The smallest absolute Gasteiger partial charge is 0.0927 e. The highest BCUT2D eigenvalue weighted by Crippen LogP contribution is 2.32. The maximum Gasteiger partial charge on any atom is 0.0927 e. The van der Waals surface area contributed by atoms with Crippen molar-refractivity contribution < 1.29 is 0 Å². The fourth-order valence-corrected chi connectivity index (χ4v) is 2.93. The lowest BCUT2D eigenvalue weighted by Gasteiger charge is -2.12. The molecule has 1 aromatic heterocycles. The lowest BCUT2D eigenvalue weighted by Crippen LogP contribution is -1.94. The Morgan fingerprint density at radius 2 is 1.76 bits per heavy atom. The van der Waals surface area contributed by atoms with Gasteiger partial charge in [-0.2, -0.15) is 0 Å². The van der Waals surface area contributed by atoms with E-state index in [1.165, 1.54) is 22.4 Å². The number of alkyl halides is 1. The summed E-state index contributed by atoms with van der Waals surface area (Å²) in [4.78, 5) is 1.21. The number of rotatable bonds is 4. The number of halogens is 1. The summed E-state index contributed by atoms with van der Waals surface area (Å²) in [5.74, 6) is 0.625.